The van der Waals surface area contributed by atoms with E-state index in [9.17, 15) is 0 Å². The second-order valence-electron chi connectivity index (χ2n) is 3.82. The molecule has 15 heavy (non-hydrogen) atoms. The molecule has 2 nitrogen and oxygen atoms in total. The van der Waals surface area contributed by atoms with Crippen LogP contribution in [0.1, 0.15) is 25.2 Å². The van der Waals surface area contributed by atoms with Gasteiger partial charge in [0.25, 0.3) is 0 Å². The van der Waals surface area contributed by atoms with Crippen molar-refractivity contribution in [2.45, 2.75) is 25.7 Å². The van der Waals surface area contributed by atoms with E-state index in [1.807, 2.05) is 30.3 Å². The van der Waals surface area contributed by atoms with Gasteiger partial charge in [0.05, 0.1) is 12.7 Å². The molecule has 0 N–H and O–H groups in total. The summed E-state index contributed by atoms with van der Waals surface area (Å²) in [6.07, 6.45) is 0.698. The fourth-order valence-electron chi connectivity index (χ4n) is 1.69. The summed E-state index contributed by atoms with van der Waals surface area (Å²) < 4.78 is 11.3. The van der Waals surface area contributed by atoms with Crippen LogP contribution < -0.4 is 0 Å². The molecule has 0 aromatic heterocycles. The van der Waals surface area contributed by atoms with Gasteiger partial charge in [0, 0.05) is 5.56 Å². The van der Waals surface area contributed by atoms with E-state index in [-0.39, 0.29) is 18.3 Å². The molecule has 1 fully saturated rings. The van der Waals surface area contributed by atoms with E-state index in [2.05, 4.69) is 6.92 Å². The van der Waals surface area contributed by atoms with Crippen LogP contribution in [0.15, 0.2) is 30.3 Å². The van der Waals surface area contributed by atoms with Gasteiger partial charge >= 0.3 is 0 Å². The van der Waals surface area contributed by atoms with E-state index >= 15 is 0 Å². The van der Waals surface area contributed by atoms with E-state index in [0.717, 1.165) is 12.0 Å². The molecule has 3 atom stereocenters. The predicted molar refractivity (Wildman–Crippen MR) is 58.1 cm³/mol. The van der Waals surface area contributed by atoms with E-state index in [0.29, 0.717) is 6.61 Å². The average molecular weight is 204 g/mol. The van der Waals surface area contributed by atoms with Gasteiger partial charge in [-0.15, -0.1) is 0 Å². The van der Waals surface area contributed by atoms with Crippen molar-refractivity contribution in [3.63, 3.8) is 0 Å². The van der Waals surface area contributed by atoms with Gasteiger partial charge in [-0.05, 0) is 12.8 Å². The Labute approximate surface area is 91.2 Å². The minimum absolute atomic E-state index is 0.0280. The average Bonchev–Trinajstić information content (AvgIpc) is 2.78. The van der Waals surface area contributed by atoms with E-state index < -0.39 is 0 Å². The van der Waals surface area contributed by atoms with Crippen molar-refractivity contribution in [2.24, 2.45) is 5.92 Å². The summed E-state index contributed by atoms with van der Waals surface area (Å²) in [7, 11) is 0. The lowest BCUT2D eigenvalue weighted by Crippen LogP contribution is -2.19. The Balaban J connectivity index is 1.99. The maximum atomic E-state index is 5.91. The van der Waals surface area contributed by atoms with Gasteiger partial charge in [-0.3, -0.25) is 0 Å². The standard InChI is InChI=1S/C13H16O2/c1-3-10(2)12-9-14-13(15-12)11-7-5-4-6-8-11/h2,4-8,10,12-13H,3,9H2,1H3. The molecule has 1 aromatic carbocycles. The van der Waals surface area contributed by atoms with Crippen LogP contribution in [0.2, 0.25) is 0 Å². The summed E-state index contributed by atoms with van der Waals surface area (Å²) >= 11 is 0. The van der Waals surface area contributed by atoms with Crippen molar-refractivity contribution in [3.05, 3.63) is 42.8 Å². The van der Waals surface area contributed by atoms with Crippen molar-refractivity contribution in [1.82, 2.24) is 0 Å². The summed E-state index contributed by atoms with van der Waals surface area (Å²) in [4.78, 5) is 0. The molecule has 1 heterocycles. The second-order valence-corrected chi connectivity index (χ2v) is 3.82. The smallest absolute Gasteiger partial charge is 0.184 e. The fraction of sp³-hybridized carbons (Fsp3) is 0.462. The van der Waals surface area contributed by atoms with Crippen molar-refractivity contribution < 1.29 is 9.47 Å². The van der Waals surface area contributed by atoms with Crippen molar-refractivity contribution in [2.75, 3.05) is 6.61 Å². The van der Waals surface area contributed by atoms with Crippen LogP contribution in [-0.4, -0.2) is 12.7 Å². The number of rotatable bonds is 3. The first-order valence-corrected chi connectivity index (χ1v) is 5.39. The highest BCUT2D eigenvalue weighted by molar-refractivity contribution is 5.16. The molecule has 0 spiro atoms. The van der Waals surface area contributed by atoms with E-state index in [1.54, 1.807) is 0 Å². The Kier molecular flexibility index (Phi) is 3.39. The maximum absolute atomic E-state index is 5.91. The molecule has 1 aromatic rings. The van der Waals surface area contributed by atoms with Crippen molar-refractivity contribution >= 4 is 0 Å². The lowest BCUT2D eigenvalue weighted by atomic mass is 10.0. The zero-order chi connectivity index (χ0) is 10.7. The molecular formula is C13H16O2. The normalized spacial score (nSPS) is 27.9. The molecule has 0 saturated carbocycles. The van der Waals surface area contributed by atoms with E-state index in [4.69, 9.17) is 16.4 Å². The van der Waals surface area contributed by atoms with Crippen LogP contribution in [0.4, 0.5) is 0 Å². The Bertz CT molecular complexity index is 297. The van der Waals surface area contributed by atoms with Gasteiger partial charge in [0.15, 0.2) is 6.29 Å². The van der Waals surface area contributed by atoms with Crippen molar-refractivity contribution in [3.8, 4) is 0 Å². The number of benzene rings is 1. The molecule has 0 aliphatic carbocycles. The summed E-state index contributed by atoms with van der Waals surface area (Å²) in [5, 5.41) is 0. The van der Waals surface area contributed by atoms with Crippen LogP contribution in [0, 0.1) is 12.8 Å². The largest absolute Gasteiger partial charge is 0.346 e. The molecular weight excluding hydrogens is 188 g/mol. The summed E-state index contributed by atoms with van der Waals surface area (Å²) in [5.74, 6) is 0.0683. The molecule has 2 rings (SSSR count). The molecule has 3 unspecified atom stereocenters. The third-order valence-electron chi connectivity index (χ3n) is 2.73. The SMILES string of the molecule is [CH]C(CC)C1COC(c2ccccc2)O1. The minimum atomic E-state index is -0.242. The Morgan fingerprint density at radius 1 is 1.40 bits per heavy atom. The zero-order valence-corrected chi connectivity index (χ0v) is 8.93. The molecule has 1 aliphatic rings. The highest BCUT2D eigenvalue weighted by atomic mass is 16.7. The van der Waals surface area contributed by atoms with Crippen LogP contribution in [-0.2, 0) is 9.47 Å². The van der Waals surface area contributed by atoms with Crippen LogP contribution >= 0.6 is 0 Å². The third kappa shape index (κ3) is 2.39. The molecule has 2 heteroatoms. The first-order valence-electron chi connectivity index (χ1n) is 5.39. The lowest BCUT2D eigenvalue weighted by molar-refractivity contribution is -0.0666. The van der Waals surface area contributed by atoms with Crippen molar-refractivity contribution in [1.29, 1.82) is 0 Å². The zero-order valence-electron chi connectivity index (χ0n) is 8.93. The van der Waals surface area contributed by atoms with E-state index in [1.165, 1.54) is 0 Å². The first-order chi connectivity index (χ1) is 7.31. The fourth-order valence-corrected chi connectivity index (χ4v) is 1.69. The topological polar surface area (TPSA) is 18.5 Å². The van der Waals surface area contributed by atoms with Crippen LogP contribution in [0.3, 0.4) is 0 Å². The Hall–Kier alpha value is -0.860. The second kappa shape index (κ2) is 4.77. The van der Waals surface area contributed by atoms with Gasteiger partial charge in [-0.1, -0.05) is 43.7 Å². The molecule has 0 bridgehead atoms. The summed E-state index contributed by atoms with van der Waals surface area (Å²) in [6, 6.07) is 9.95. The van der Waals surface area contributed by atoms with Gasteiger partial charge in [0.1, 0.15) is 0 Å². The Morgan fingerprint density at radius 3 is 2.80 bits per heavy atom. The minimum Gasteiger partial charge on any atom is -0.346 e. The molecule has 80 valence electrons. The third-order valence-corrected chi connectivity index (χ3v) is 2.73. The maximum Gasteiger partial charge on any atom is 0.184 e. The van der Waals surface area contributed by atoms with Crippen LogP contribution in [0.5, 0.6) is 0 Å². The predicted octanol–water partition coefficient (Wildman–Crippen LogP) is 2.84. The van der Waals surface area contributed by atoms with Crippen LogP contribution in [0.25, 0.3) is 0 Å². The number of hydrogen-bond acceptors (Lipinski definition) is 2. The number of hydrogen-bond donors (Lipinski definition) is 0. The van der Waals surface area contributed by atoms with Gasteiger partial charge in [-0.25, -0.2) is 0 Å². The quantitative estimate of drug-likeness (QED) is 0.753. The lowest BCUT2D eigenvalue weighted by Gasteiger charge is -2.16. The first kappa shape index (κ1) is 10.7. The Morgan fingerprint density at radius 2 is 2.13 bits per heavy atom. The molecule has 1 aliphatic heterocycles. The monoisotopic (exact) mass is 204 g/mol. The van der Waals surface area contributed by atoms with Gasteiger partial charge in [-0.2, -0.15) is 0 Å². The summed E-state index contributed by atoms with van der Waals surface area (Å²) in [5.41, 5.74) is 1.06. The summed E-state index contributed by atoms with van der Waals surface area (Å²) in [6.45, 7) is 8.56. The highest BCUT2D eigenvalue weighted by Gasteiger charge is 2.30. The highest BCUT2D eigenvalue weighted by Crippen LogP contribution is 2.30. The number of ether oxygens (including phenoxy) is 2. The molecule has 1 saturated heterocycles. The van der Waals surface area contributed by atoms with Gasteiger partial charge in [0.2, 0.25) is 0 Å². The molecule has 2 radical (unpaired) electrons. The van der Waals surface area contributed by atoms with Gasteiger partial charge < -0.3 is 9.47 Å². The molecule has 0 amide bonds.